The number of hydrogen-bond acceptors (Lipinski definition) is 3. The van der Waals surface area contributed by atoms with Crippen molar-refractivity contribution in [2.75, 3.05) is 12.1 Å². The largest absolute Gasteiger partial charge is 0.454 e. The second-order valence-corrected chi connectivity index (χ2v) is 6.82. The lowest BCUT2D eigenvalue weighted by Gasteiger charge is -2.39. The summed E-state index contributed by atoms with van der Waals surface area (Å²) in [5, 5.41) is 3.66. The van der Waals surface area contributed by atoms with Crippen molar-refractivity contribution in [1.29, 1.82) is 0 Å². The molecule has 0 aromatic heterocycles. The molecule has 19 heavy (non-hydrogen) atoms. The molecule has 2 atom stereocenters. The third-order valence-corrected chi connectivity index (χ3v) is 4.13. The number of fused-ring (bicyclic) bond motifs is 1. The van der Waals surface area contributed by atoms with E-state index in [-0.39, 0.29) is 0 Å². The molecule has 104 valence electrons. The average Bonchev–Trinajstić information content (AvgIpc) is 2.73. The SMILES string of the molecule is CC1CC(Nc2ccc3c(c2)OCO3)CC(C)(C)C1. The molecular weight excluding hydrogens is 238 g/mol. The Hall–Kier alpha value is -1.38. The summed E-state index contributed by atoms with van der Waals surface area (Å²) in [4.78, 5) is 0. The van der Waals surface area contributed by atoms with Gasteiger partial charge >= 0.3 is 0 Å². The maximum atomic E-state index is 5.43. The van der Waals surface area contributed by atoms with Crippen molar-refractivity contribution in [1.82, 2.24) is 0 Å². The molecule has 1 aromatic carbocycles. The van der Waals surface area contributed by atoms with Crippen LogP contribution < -0.4 is 14.8 Å². The van der Waals surface area contributed by atoms with E-state index in [1.807, 2.05) is 6.07 Å². The van der Waals surface area contributed by atoms with Crippen molar-refractivity contribution in [2.45, 2.75) is 46.1 Å². The summed E-state index contributed by atoms with van der Waals surface area (Å²) < 4.78 is 10.8. The van der Waals surface area contributed by atoms with Crippen molar-refractivity contribution >= 4 is 5.69 Å². The Morgan fingerprint density at radius 2 is 1.95 bits per heavy atom. The molecule has 2 aliphatic rings. The van der Waals surface area contributed by atoms with Gasteiger partial charge in [0.05, 0.1) is 0 Å². The number of anilines is 1. The van der Waals surface area contributed by atoms with E-state index in [0.717, 1.165) is 23.1 Å². The van der Waals surface area contributed by atoms with Crippen molar-refractivity contribution < 1.29 is 9.47 Å². The first kappa shape index (κ1) is 12.6. The van der Waals surface area contributed by atoms with E-state index in [0.29, 0.717) is 18.2 Å². The second kappa shape index (κ2) is 4.62. The molecule has 1 fully saturated rings. The molecule has 0 spiro atoms. The van der Waals surface area contributed by atoms with Crippen LogP contribution >= 0.6 is 0 Å². The van der Waals surface area contributed by atoms with E-state index in [1.54, 1.807) is 0 Å². The van der Waals surface area contributed by atoms with Crippen LogP contribution in [0.25, 0.3) is 0 Å². The third kappa shape index (κ3) is 2.80. The normalized spacial score (nSPS) is 28.2. The Morgan fingerprint density at radius 1 is 1.16 bits per heavy atom. The fraction of sp³-hybridized carbons (Fsp3) is 0.625. The van der Waals surface area contributed by atoms with E-state index in [1.165, 1.54) is 19.3 Å². The van der Waals surface area contributed by atoms with Gasteiger partial charge < -0.3 is 14.8 Å². The minimum atomic E-state index is 0.340. The molecule has 1 aromatic rings. The van der Waals surface area contributed by atoms with Crippen LogP contribution in [0.15, 0.2) is 18.2 Å². The van der Waals surface area contributed by atoms with Gasteiger partial charge in [-0.25, -0.2) is 0 Å². The zero-order valence-corrected chi connectivity index (χ0v) is 12.0. The van der Waals surface area contributed by atoms with Gasteiger partial charge in [0.2, 0.25) is 6.79 Å². The first-order valence-electron chi connectivity index (χ1n) is 7.18. The van der Waals surface area contributed by atoms with Crippen molar-refractivity contribution in [3.63, 3.8) is 0 Å². The summed E-state index contributed by atoms with van der Waals surface area (Å²) in [6.45, 7) is 7.44. The van der Waals surface area contributed by atoms with Crippen LogP contribution in [0.2, 0.25) is 0 Å². The molecule has 2 unspecified atom stereocenters. The third-order valence-electron chi connectivity index (χ3n) is 4.13. The number of nitrogens with one attached hydrogen (secondary N) is 1. The minimum absolute atomic E-state index is 0.340. The van der Waals surface area contributed by atoms with Gasteiger partial charge in [0.25, 0.3) is 0 Å². The summed E-state index contributed by atoms with van der Waals surface area (Å²) in [7, 11) is 0. The number of hydrogen-bond donors (Lipinski definition) is 1. The fourth-order valence-corrected chi connectivity index (χ4v) is 3.68. The molecule has 1 saturated carbocycles. The van der Waals surface area contributed by atoms with Crippen LogP contribution in [-0.4, -0.2) is 12.8 Å². The number of ether oxygens (including phenoxy) is 2. The highest BCUT2D eigenvalue weighted by Gasteiger charge is 2.32. The first-order chi connectivity index (χ1) is 9.02. The highest BCUT2D eigenvalue weighted by atomic mass is 16.7. The van der Waals surface area contributed by atoms with Gasteiger partial charge in [-0.1, -0.05) is 20.8 Å². The predicted octanol–water partition coefficient (Wildman–Crippen LogP) is 4.04. The lowest BCUT2D eigenvalue weighted by molar-refractivity contribution is 0.174. The summed E-state index contributed by atoms with van der Waals surface area (Å²) in [5.74, 6) is 2.49. The first-order valence-corrected chi connectivity index (χ1v) is 7.18. The van der Waals surface area contributed by atoms with E-state index >= 15 is 0 Å². The van der Waals surface area contributed by atoms with Crippen LogP contribution in [0.1, 0.15) is 40.0 Å². The molecule has 0 saturated heterocycles. The summed E-state index contributed by atoms with van der Waals surface area (Å²) in [5.41, 5.74) is 1.57. The maximum absolute atomic E-state index is 5.43. The minimum Gasteiger partial charge on any atom is -0.454 e. The Balaban J connectivity index is 1.71. The standard InChI is InChI=1S/C16H23NO2/c1-11-6-13(9-16(2,3)8-11)17-12-4-5-14-15(7-12)19-10-18-14/h4-5,7,11,13,17H,6,8-10H2,1-3H3. The molecule has 0 bridgehead atoms. The summed E-state index contributed by atoms with van der Waals surface area (Å²) in [6.07, 6.45) is 3.80. The summed E-state index contributed by atoms with van der Waals surface area (Å²) in [6, 6.07) is 6.68. The van der Waals surface area contributed by atoms with Crippen molar-refractivity contribution in [3.8, 4) is 11.5 Å². The fourth-order valence-electron chi connectivity index (χ4n) is 3.68. The van der Waals surface area contributed by atoms with Gasteiger partial charge in [0.15, 0.2) is 11.5 Å². The molecule has 3 heteroatoms. The highest BCUT2D eigenvalue weighted by Crippen LogP contribution is 2.40. The molecule has 1 aliphatic carbocycles. The lowest BCUT2D eigenvalue weighted by atomic mass is 9.70. The van der Waals surface area contributed by atoms with Gasteiger partial charge in [-0.15, -0.1) is 0 Å². The van der Waals surface area contributed by atoms with Gasteiger partial charge in [-0.3, -0.25) is 0 Å². The molecule has 1 heterocycles. The second-order valence-electron chi connectivity index (χ2n) is 6.82. The quantitative estimate of drug-likeness (QED) is 0.871. The number of benzene rings is 1. The molecule has 3 nitrogen and oxygen atoms in total. The van der Waals surface area contributed by atoms with Crippen LogP contribution in [0.5, 0.6) is 11.5 Å². The Bertz CT molecular complexity index is 470. The van der Waals surface area contributed by atoms with E-state index in [2.05, 4.69) is 38.2 Å². The summed E-state index contributed by atoms with van der Waals surface area (Å²) >= 11 is 0. The molecule has 1 N–H and O–H groups in total. The van der Waals surface area contributed by atoms with Gasteiger partial charge in [0.1, 0.15) is 0 Å². The molecule has 0 amide bonds. The predicted molar refractivity (Wildman–Crippen MR) is 76.8 cm³/mol. The number of rotatable bonds is 2. The topological polar surface area (TPSA) is 30.5 Å². The maximum Gasteiger partial charge on any atom is 0.231 e. The van der Waals surface area contributed by atoms with Crippen molar-refractivity contribution in [2.24, 2.45) is 11.3 Å². The smallest absolute Gasteiger partial charge is 0.231 e. The monoisotopic (exact) mass is 261 g/mol. The van der Waals surface area contributed by atoms with E-state index in [4.69, 9.17) is 9.47 Å². The van der Waals surface area contributed by atoms with Gasteiger partial charge in [-0.2, -0.15) is 0 Å². The van der Waals surface area contributed by atoms with Gasteiger partial charge in [0, 0.05) is 17.8 Å². The lowest BCUT2D eigenvalue weighted by Crippen LogP contribution is -2.35. The highest BCUT2D eigenvalue weighted by molar-refractivity contribution is 5.56. The van der Waals surface area contributed by atoms with Crippen LogP contribution in [0, 0.1) is 11.3 Å². The molecule has 0 radical (unpaired) electrons. The molecular formula is C16H23NO2. The Morgan fingerprint density at radius 3 is 2.74 bits per heavy atom. The van der Waals surface area contributed by atoms with Crippen LogP contribution in [0.3, 0.4) is 0 Å². The Labute approximate surface area is 115 Å². The zero-order valence-electron chi connectivity index (χ0n) is 12.0. The average molecular weight is 261 g/mol. The zero-order chi connectivity index (χ0) is 13.5. The Kier molecular flexibility index (Phi) is 3.08. The van der Waals surface area contributed by atoms with Crippen molar-refractivity contribution in [3.05, 3.63) is 18.2 Å². The van der Waals surface area contributed by atoms with Crippen LogP contribution in [0.4, 0.5) is 5.69 Å². The van der Waals surface area contributed by atoms with Gasteiger partial charge in [-0.05, 0) is 42.7 Å². The molecule has 1 aliphatic heterocycles. The van der Waals surface area contributed by atoms with E-state index < -0.39 is 0 Å². The van der Waals surface area contributed by atoms with Crippen LogP contribution in [-0.2, 0) is 0 Å². The van der Waals surface area contributed by atoms with E-state index in [9.17, 15) is 0 Å². The molecule has 3 rings (SSSR count).